The molecule has 0 saturated heterocycles. The van der Waals surface area contributed by atoms with Crippen molar-refractivity contribution in [2.75, 3.05) is 0 Å². The fraction of sp³-hybridized carbons (Fsp3) is 0.182. The van der Waals surface area contributed by atoms with Gasteiger partial charge in [0, 0.05) is 5.92 Å². The number of halogens is 3. The molecule has 1 aromatic carbocycles. The van der Waals surface area contributed by atoms with Gasteiger partial charge in [-0.25, -0.2) is 0 Å². The fourth-order valence-corrected chi connectivity index (χ4v) is 1.31. The minimum atomic E-state index is -2.87. The summed E-state index contributed by atoms with van der Waals surface area (Å²) in [4.78, 5) is 0. The average molecular weight is 232 g/mol. The van der Waals surface area contributed by atoms with Gasteiger partial charge in [0.25, 0.3) is 0 Å². The Labute approximate surface area is 92.3 Å². The smallest absolute Gasteiger partial charge is 0.387 e. The molecule has 1 unspecified atom stereocenters. The molecule has 4 heteroatoms. The highest BCUT2D eigenvalue weighted by Gasteiger charge is 2.10. The van der Waals surface area contributed by atoms with E-state index in [9.17, 15) is 8.78 Å². The first-order chi connectivity index (χ1) is 7.04. The molecule has 1 nitrogen and oxygen atoms in total. The first-order valence-electron chi connectivity index (χ1n) is 4.24. The van der Waals surface area contributed by atoms with Crippen LogP contribution in [0.3, 0.4) is 0 Å². The average Bonchev–Trinajstić information content (AvgIpc) is 2.19. The van der Waals surface area contributed by atoms with Crippen LogP contribution in [0, 0.1) is 6.92 Å². The van der Waals surface area contributed by atoms with Gasteiger partial charge in [-0.3, -0.25) is 0 Å². The predicted molar refractivity (Wildman–Crippen MR) is 56.4 cm³/mol. The van der Waals surface area contributed by atoms with Crippen molar-refractivity contribution in [2.45, 2.75) is 12.5 Å². The van der Waals surface area contributed by atoms with Crippen molar-refractivity contribution in [3.8, 4) is 5.75 Å². The standard InChI is InChI=1S/C11H10ClF2O/c1-3-7(2)8-4-5-10(9(12)6-8)15-11(13)14/h3-7,11H,1-2H2. The fourth-order valence-electron chi connectivity index (χ4n) is 1.08. The maximum atomic E-state index is 11.9. The zero-order valence-electron chi connectivity index (χ0n) is 7.92. The highest BCUT2D eigenvalue weighted by molar-refractivity contribution is 6.32. The van der Waals surface area contributed by atoms with Crippen molar-refractivity contribution in [2.24, 2.45) is 0 Å². The second kappa shape index (κ2) is 5.12. The molecule has 0 spiro atoms. The third-order valence-corrected chi connectivity index (χ3v) is 2.18. The molecule has 0 saturated carbocycles. The minimum Gasteiger partial charge on any atom is -0.433 e. The van der Waals surface area contributed by atoms with Gasteiger partial charge in [-0.15, -0.1) is 6.58 Å². The van der Waals surface area contributed by atoms with E-state index in [1.807, 2.05) is 0 Å². The number of benzene rings is 1. The van der Waals surface area contributed by atoms with E-state index >= 15 is 0 Å². The van der Waals surface area contributed by atoms with E-state index in [2.05, 4.69) is 18.2 Å². The Hall–Kier alpha value is -1.09. The van der Waals surface area contributed by atoms with Gasteiger partial charge < -0.3 is 4.74 Å². The largest absolute Gasteiger partial charge is 0.433 e. The molecule has 0 bridgehead atoms. The Morgan fingerprint density at radius 3 is 2.53 bits per heavy atom. The molecule has 0 amide bonds. The highest BCUT2D eigenvalue weighted by atomic mass is 35.5. The summed E-state index contributed by atoms with van der Waals surface area (Å²) < 4.78 is 28.0. The van der Waals surface area contributed by atoms with Gasteiger partial charge >= 0.3 is 6.61 Å². The van der Waals surface area contributed by atoms with Crippen LogP contribution >= 0.6 is 11.6 Å². The lowest BCUT2D eigenvalue weighted by Crippen LogP contribution is -2.02. The van der Waals surface area contributed by atoms with Gasteiger partial charge in [0.1, 0.15) is 5.75 Å². The van der Waals surface area contributed by atoms with Crippen molar-refractivity contribution in [1.82, 2.24) is 0 Å². The molecule has 0 aliphatic heterocycles. The molecule has 1 aromatic rings. The molecule has 0 aliphatic rings. The molecular weight excluding hydrogens is 222 g/mol. The monoisotopic (exact) mass is 231 g/mol. The summed E-state index contributed by atoms with van der Waals surface area (Å²) >= 11 is 5.75. The summed E-state index contributed by atoms with van der Waals surface area (Å²) in [5, 5.41) is 0.142. The topological polar surface area (TPSA) is 9.23 Å². The van der Waals surface area contributed by atoms with Crippen molar-refractivity contribution in [3.63, 3.8) is 0 Å². The van der Waals surface area contributed by atoms with E-state index in [1.165, 1.54) is 6.07 Å². The van der Waals surface area contributed by atoms with Gasteiger partial charge in [-0.05, 0) is 24.6 Å². The van der Waals surface area contributed by atoms with Gasteiger partial charge in [0.05, 0.1) is 5.02 Å². The zero-order chi connectivity index (χ0) is 11.4. The van der Waals surface area contributed by atoms with Crippen LogP contribution in [0.1, 0.15) is 11.5 Å². The van der Waals surface area contributed by atoms with Crippen LogP contribution in [0.4, 0.5) is 8.78 Å². The summed E-state index contributed by atoms with van der Waals surface area (Å²) in [7, 11) is 0. The van der Waals surface area contributed by atoms with Crippen LogP contribution in [0.25, 0.3) is 0 Å². The van der Waals surface area contributed by atoms with E-state index in [1.54, 1.807) is 18.2 Å². The Morgan fingerprint density at radius 2 is 2.07 bits per heavy atom. The number of rotatable bonds is 4. The third-order valence-electron chi connectivity index (χ3n) is 1.88. The van der Waals surface area contributed by atoms with Gasteiger partial charge in [0.2, 0.25) is 0 Å². The molecular formula is C11H10ClF2O. The van der Waals surface area contributed by atoms with E-state index in [0.717, 1.165) is 5.56 Å². The quantitative estimate of drug-likeness (QED) is 0.711. The lowest BCUT2D eigenvalue weighted by Gasteiger charge is -2.10. The molecule has 1 rings (SSSR count). The maximum absolute atomic E-state index is 11.9. The Balaban J connectivity index is 2.92. The predicted octanol–water partition coefficient (Wildman–Crippen LogP) is 4.05. The second-order valence-corrected chi connectivity index (χ2v) is 3.32. The van der Waals surface area contributed by atoms with Crippen molar-refractivity contribution < 1.29 is 13.5 Å². The van der Waals surface area contributed by atoms with Gasteiger partial charge in [-0.1, -0.05) is 23.7 Å². The zero-order valence-corrected chi connectivity index (χ0v) is 8.68. The normalized spacial score (nSPS) is 12.6. The van der Waals surface area contributed by atoms with E-state index < -0.39 is 6.61 Å². The highest BCUT2D eigenvalue weighted by Crippen LogP contribution is 2.29. The van der Waals surface area contributed by atoms with Crippen LogP contribution < -0.4 is 4.74 Å². The molecule has 1 radical (unpaired) electrons. The first-order valence-corrected chi connectivity index (χ1v) is 4.62. The minimum absolute atomic E-state index is 0.0355. The van der Waals surface area contributed by atoms with Crippen molar-refractivity contribution in [1.29, 1.82) is 0 Å². The molecule has 0 heterocycles. The lowest BCUT2D eigenvalue weighted by atomic mass is 10.0. The summed E-state index contributed by atoms with van der Waals surface area (Å²) in [5.41, 5.74) is 0.802. The molecule has 0 aliphatic carbocycles. The van der Waals surface area contributed by atoms with Gasteiger partial charge in [-0.2, -0.15) is 8.78 Å². The van der Waals surface area contributed by atoms with Gasteiger partial charge in [0.15, 0.2) is 0 Å². The SMILES string of the molecule is [CH2]C(C=C)c1ccc(OC(F)F)c(Cl)c1. The first kappa shape index (κ1) is 12.0. The van der Waals surface area contributed by atoms with Crippen LogP contribution in [-0.2, 0) is 0 Å². The molecule has 0 N–H and O–H groups in total. The summed E-state index contributed by atoms with van der Waals surface area (Å²) in [6, 6.07) is 4.56. The van der Waals surface area contributed by atoms with E-state index in [-0.39, 0.29) is 16.7 Å². The molecule has 15 heavy (non-hydrogen) atoms. The maximum Gasteiger partial charge on any atom is 0.387 e. The number of allylic oxidation sites excluding steroid dienone is 1. The van der Waals surface area contributed by atoms with E-state index in [4.69, 9.17) is 11.6 Å². The number of hydrogen-bond donors (Lipinski definition) is 0. The van der Waals surface area contributed by atoms with Crippen molar-refractivity contribution >= 4 is 11.6 Å². The van der Waals surface area contributed by atoms with Crippen LogP contribution in [0.15, 0.2) is 30.9 Å². The number of hydrogen-bond acceptors (Lipinski definition) is 1. The summed E-state index contributed by atoms with van der Waals surface area (Å²) in [6.45, 7) is 4.50. The number of ether oxygens (including phenoxy) is 1. The molecule has 1 atom stereocenters. The Kier molecular flexibility index (Phi) is 4.09. The van der Waals surface area contributed by atoms with Crippen LogP contribution in [-0.4, -0.2) is 6.61 Å². The second-order valence-electron chi connectivity index (χ2n) is 2.91. The summed E-state index contributed by atoms with van der Waals surface area (Å²) in [5.74, 6) is -0.158. The lowest BCUT2D eigenvalue weighted by molar-refractivity contribution is -0.0497. The molecule has 0 aromatic heterocycles. The molecule has 0 fully saturated rings. The Bertz CT molecular complexity index is 352. The van der Waals surface area contributed by atoms with Crippen LogP contribution in [0.2, 0.25) is 5.02 Å². The third kappa shape index (κ3) is 3.20. The molecule has 81 valence electrons. The number of alkyl halides is 2. The van der Waals surface area contributed by atoms with E-state index in [0.29, 0.717) is 0 Å². The van der Waals surface area contributed by atoms with Crippen LogP contribution in [0.5, 0.6) is 5.75 Å². The Morgan fingerprint density at radius 1 is 1.40 bits per heavy atom. The van der Waals surface area contributed by atoms with Crippen molar-refractivity contribution in [3.05, 3.63) is 48.4 Å². The summed E-state index contributed by atoms with van der Waals surface area (Å²) in [6.07, 6.45) is 1.64.